The van der Waals surface area contributed by atoms with E-state index in [1.54, 1.807) is 13.3 Å². The van der Waals surface area contributed by atoms with Gasteiger partial charge in [0, 0.05) is 28.8 Å². The Morgan fingerprint density at radius 3 is 2.74 bits per heavy atom. The molecule has 7 heteroatoms. The summed E-state index contributed by atoms with van der Waals surface area (Å²) >= 11 is 0. The summed E-state index contributed by atoms with van der Waals surface area (Å²) in [5.74, 6) is 2.64. The number of nitrogens with zero attached hydrogens (tertiary/aromatic N) is 3. The SMILES string of the molecule is COc1cc2nc(C)nc(N[C@H](C)C3=C=C=CC(c4cn[nH]c4)=C3)c2cc1OCc1ccccc1. The minimum absolute atomic E-state index is 0.0774. The molecule has 174 valence electrons. The average molecular weight is 464 g/mol. The number of ether oxygens (including phenoxy) is 2. The summed E-state index contributed by atoms with van der Waals surface area (Å²) in [6.07, 6.45) is 7.62. The van der Waals surface area contributed by atoms with Crippen molar-refractivity contribution in [3.05, 3.63) is 101 Å². The molecule has 0 aliphatic heterocycles. The molecule has 7 nitrogen and oxygen atoms in total. The van der Waals surface area contributed by atoms with Crippen LogP contribution in [0, 0.1) is 6.92 Å². The van der Waals surface area contributed by atoms with Crippen LogP contribution in [-0.4, -0.2) is 33.3 Å². The number of fused-ring (bicyclic) bond motifs is 1. The second kappa shape index (κ2) is 9.74. The zero-order valence-corrected chi connectivity index (χ0v) is 19.8. The Morgan fingerprint density at radius 1 is 1.11 bits per heavy atom. The number of allylic oxidation sites excluding steroid dienone is 2. The van der Waals surface area contributed by atoms with E-state index in [0.29, 0.717) is 29.7 Å². The Kier molecular flexibility index (Phi) is 6.18. The monoisotopic (exact) mass is 463 g/mol. The van der Waals surface area contributed by atoms with Crippen LogP contribution in [-0.2, 0) is 6.61 Å². The Morgan fingerprint density at radius 2 is 1.97 bits per heavy atom. The summed E-state index contributed by atoms with van der Waals surface area (Å²) in [5, 5.41) is 11.3. The topological polar surface area (TPSA) is 85.0 Å². The predicted molar refractivity (Wildman–Crippen MR) is 136 cm³/mol. The number of aromatic amines is 1. The first kappa shape index (κ1) is 22.2. The molecule has 0 fully saturated rings. The molecule has 2 aromatic heterocycles. The van der Waals surface area contributed by atoms with E-state index in [4.69, 9.17) is 14.5 Å². The lowest BCUT2D eigenvalue weighted by Gasteiger charge is -2.19. The van der Waals surface area contributed by atoms with Crippen LogP contribution in [0.25, 0.3) is 16.5 Å². The second-order valence-corrected chi connectivity index (χ2v) is 8.24. The Bertz CT molecular complexity index is 1490. The van der Waals surface area contributed by atoms with Crippen LogP contribution in [0.1, 0.15) is 23.9 Å². The van der Waals surface area contributed by atoms with Crippen LogP contribution >= 0.6 is 0 Å². The van der Waals surface area contributed by atoms with Gasteiger partial charge in [0.15, 0.2) is 11.5 Å². The van der Waals surface area contributed by atoms with Gasteiger partial charge in [0.25, 0.3) is 0 Å². The van der Waals surface area contributed by atoms with Gasteiger partial charge >= 0.3 is 0 Å². The van der Waals surface area contributed by atoms with Crippen molar-refractivity contribution < 1.29 is 9.47 Å². The molecule has 0 bridgehead atoms. The minimum atomic E-state index is -0.0774. The predicted octanol–water partition coefficient (Wildman–Crippen LogP) is 5.38. The molecule has 0 saturated carbocycles. The maximum atomic E-state index is 6.13. The van der Waals surface area contributed by atoms with E-state index in [0.717, 1.165) is 33.2 Å². The Hall–Kier alpha value is -4.57. The lowest BCUT2D eigenvalue weighted by Crippen LogP contribution is -2.19. The molecular formula is C28H25N5O2. The average Bonchev–Trinajstić information content (AvgIpc) is 3.43. The summed E-state index contributed by atoms with van der Waals surface area (Å²) in [6, 6.07) is 13.8. The highest BCUT2D eigenvalue weighted by molar-refractivity contribution is 5.92. The molecule has 1 aliphatic rings. The molecule has 35 heavy (non-hydrogen) atoms. The van der Waals surface area contributed by atoms with Crippen LogP contribution in [0.2, 0.25) is 0 Å². The number of aryl methyl sites for hydroxylation is 1. The van der Waals surface area contributed by atoms with Crippen LogP contribution < -0.4 is 14.8 Å². The molecule has 2 N–H and O–H groups in total. The number of aromatic nitrogens is 4. The van der Waals surface area contributed by atoms with E-state index in [2.05, 4.69) is 45.0 Å². The molecular weight excluding hydrogens is 438 g/mol. The first-order valence-electron chi connectivity index (χ1n) is 11.3. The third-order valence-corrected chi connectivity index (χ3v) is 5.74. The third kappa shape index (κ3) is 4.87. The van der Waals surface area contributed by atoms with Crippen molar-refractivity contribution in [2.24, 2.45) is 0 Å². The van der Waals surface area contributed by atoms with Gasteiger partial charge < -0.3 is 14.8 Å². The van der Waals surface area contributed by atoms with Gasteiger partial charge in [-0.25, -0.2) is 9.97 Å². The van der Waals surface area contributed by atoms with Gasteiger partial charge in [-0.15, -0.1) is 0 Å². The Balaban J connectivity index is 1.46. The van der Waals surface area contributed by atoms with E-state index < -0.39 is 0 Å². The van der Waals surface area contributed by atoms with E-state index in [1.165, 1.54) is 0 Å². The number of benzene rings is 2. The van der Waals surface area contributed by atoms with Crippen molar-refractivity contribution in [3.8, 4) is 11.5 Å². The molecule has 2 heterocycles. The summed E-state index contributed by atoms with van der Waals surface area (Å²) in [6.45, 7) is 4.37. The first-order valence-corrected chi connectivity index (χ1v) is 11.3. The molecule has 4 aromatic rings. The van der Waals surface area contributed by atoms with Crippen molar-refractivity contribution in [2.45, 2.75) is 26.5 Å². The molecule has 0 spiro atoms. The summed E-state index contributed by atoms with van der Waals surface area (Å²) < 4.78 is 11.7. The van der Waals surface area contributed by atoms with Crippen LogP contribution in [0.3, 0.4) is 0 Å². The molecule has 1 aliphatic carbocycles. The quantitative estimate of drug-likeness (QED) is 0.341. The van der Waals surface area contributed by atoms with Gasteiger partial charge in [0.1, 0.15) is 18.2 Å². The van der Waals surface area contributed by atoms with Gasteiger partial charge in [0.2, 0.25) is 0 Å². The number of hydrogen-bond donors (Lipinski definition) is 2. The molecule has 0 amide bonds. The molecule has 2 aromatic carbocycles. The highest BCUT2D eigenvalue weighted by Gasteiger charge is 2.17. The van der Waals surface area contributed by atoms with E-state index in [9.17, 15) is 0 Å². The standard InChI is InChI=1S/C28H25N5O2/c1-18(21-10-7-11-22(12-21)23-15-29-30-16-23)31-28-24-13-27(35-17-20-8-5-4-6-9-20)26(34-3)14-25(24)32-19(2)33-28/h4-6,8-9,11-16,18H,17H2,1-3H3,(H,29,30)(H,31,32,33)/t18-/m1/s1. The maximum Gasteiger partial charge on any atom is 0.162 e. The largest absolute Gasteiger partial charge is 0.493 e. The zero-order valence-electron chi connectivity index (χ0n) is 19.8. The normalized spacial score (nSPS) is 13.3. The highest BCUT2D eigenvalue weighted by atomic mass is 16.5. The number of rotatable bonds is 8. The van der Waals surface area contributed by atoms with E-state index in [1.807, 2.05) is 61.7 Å². The van der Waals surface area contributed by atoms with Gasteiger partial charge in [-0.2, -0.15) is 5.10 Å². The number of H-pyrrole nitrogens is 1. The molecule has 5 rings (SSSR count). The highest BCUT2D eigenvalue weighted by Crippen LogP contribution is 2.35. The number of nitrogens with one attached hydrogen (secondary N) is 2. The van der Waals surface area contributed by atoms with Crippen LogP contribution in [0.15, 0.2) is 84.0 Å². The molecule has 0 saturated heterocycles. The van der Waals surface area contributed by atoms with Crippen molar-refractivity contribution in [1.29, 1.82) is 0 Å². The number of methoxy groups -OCH3 is 1. The van der Waals surface area contributed by atoms with Crippen molar-refractivity contribution in [3.63, 3.8) is 0 Å². The molecule has 0 radical (unpaired) electrons. The fourth-order valence-electron chi connectivity index (χ4n) is 3.90. The van der Waals surface area contributed by atoms with Crippen molar-refractivity contribution >= 4 is 22.3 Å². The number of anilines is 1. The van der Waals surface area contributed by atoms with E-state index in [-0.39, 0.29) is 6.04 Å². The molecule has 0 unspecified atom stereocenters. The lowest BCUT2D eigenvalue weighted by atomic mass is 10.00. The summed E-state index contributed by atoms with van der Waals surface area (Å²) in [7, 11) is 1.63. The molecule has 1 atom stereocenters. The van der Waals surface area contributed by atoms with Gasteiger partial charge in [-0.05, 0) is 43.2 Å². The third-order valence-electron chi connectivity index (χ3n) is 5.74. The van der Waals surface area contributed by atoms with Crippen molar-refractivity contribution in [2.75, 3.05) is 12.4 Å². The van der Waals surface area contributed by atoms with Crippen LogP contribution in [0.4, 0.5) is 5.82 Å². The maximum absolute atomic E-state index is 6.13. The zero-order chi connectivity index (χ0) is 24.2. The van der Waals surface area contributed by atoms with Gasteiger partial charge in [-0.3, -0.25) is 5.10 Å². The number of hydrogen-bond acceptors (Lipinski definition) is 6. The van der Waals surface area contributed by atoms with Crippen LogP contribution in [0.5, 0.6) is 11.5 Å². The summed E-state index contributed by atoms with van der Waals surface area (Å²) in [5.41, 5.74) is 11.2. The summed E-state index contributed by atoms with van der Waals surface area (Å²) in [4.78, 5) is 9.32. The fourth-order valence-corrected chi connectivity index (χ4v) is 3.90. The van der Waals surface area contributed by atoms with Gasteiger partial charge in [-0.1, -0.05) is 41.8 Å². The van der Waals surface area contributed by atoms with Gasteiger partial charge in [0.05, 0.1) is 24.9 Å². The minimum Gasteiger partial charge on any atom is -0.493 e. The van der Waals surface area contributed by atoms with Crippen molar-refractivity contribution in [1.82, 2.24) is 20.2 Å². The Labute approximate surface area is 203 Å². The van der Waals surface area contributed by atoms with E-state index >= 15 is 0 Å². The first-order chi connectivity index (χ1) is 17.1. The second-order valence-electron chi connectivity index (χ2n) is 8.24. The fraction of sp³-hybridized carbons (Fsp3) is 0.179. The lowest BCUT2D eigenvalue weighted by molar-refractivity contribution is 0.285. The smallest absolute Gasteiger partial charge is 0.162 e.